The van der Waals surface area contributed by atoms with Crippen LogP contribution in [0.2, 0.25) is 5.02 Å². The number of fused-ring (bicyclic) bond motifs is 1. The Bertz CT molecular complexity index is 1280. The first-order chi connectivity index (χ1) is 14.0. The fraction of sp³-hybridized carbons (Fsp3) is 0.105. The van der Waals surface area contributed by atoms with Crippen molar-refractivity contribution in [3.63, 3.8) is 0 Å². The number of halogens is 2. The molecule has 29 heavy (non-hydrogen) atoms. The molecule has 144 valence electrons. The molecule has 0 aliphatic rings. The first-order valence-corrected chi connectivity index (χ1v) is 8.83. The minimum Gasteiger partial charge on any atom is -0.388 e. The summed E-state index contributed by atoms with van der Waals surface area (Å²) in [6, 6.07) is 8.60. The van der Waals surface area contributed by atoms with Crippen LogP contribution in [0.4, 0.5) is 16.0 Å². The monoisotopic (exact) mass is 409 g/mol. The predicted molar refractivity (Wildman–Crippen MR) is 105 cm³/mol. The molecule has 0 atom stereocenters. The number of hydrogen-bond donors (Lipinski definition) is 2. The third-order valence-electron chi connectivity index (χ3n) is 4.13. The molecule has 0 spiro atoms. The maximum Gasteiger partial charge on any atom is 0.169 e. The largest absolute Gasteiger partial charge is 0.388 e. The number of benzene rings is 1. The number of aliphatic hydroxyl groups is 1. The molecule has 0 saturated heterocycles. The summed E-state index contributed by atoms with van der Waals surface area (Å²) in [5, 5.41) is 26.6. The highest BCUT2D eigenvalue weighted by Crippen LogP contribution is 2.29. The van der Waals surface area contributed by atoms with Crippen molar-refractivity contribution >= 4 is 34.1 Å². The number of para-hydroxylation sites is 1. The number of nitriles is 1. The van der Waals surface area contributed by atoms with Gasteiger partial charge in [0.2, 0.25) is 0 Å². The van der Waals surface area contributed by atoms with Crippen LogP contribution in [0.25, 0.3) is 16.6 Å². The second-order valence-electron chi connectivity index (χ2n) is 6.13. The third-order valence-corrected chi connectivity index (χ3v) is 4.43. The Hall–Kier alpha value is -3.61. The Morgan fingerprint density at radius 1 is 1.34 bits per heavy atom. The number of aliphatic hydroxyl groups excluding tert-OH is 1. The molecule has 3 aromatic heterocycles. The maximum absolute atomic E-state index is 14.4. The van der Waals surface area contributed by atoms with Gasteiger partial charge in [-0.1, -0.05) is 17.7 Å². The molecule has 0 fully saturated rings. The second kappa shape index (κ2) is 7.43. The zero-order valence-electron chi connectivity index (χ0n) is 15.1. The lowest BCUT2D eigenvalue weighted by Gasteiger charge is -2.08. The molecule has 8 nitrogen and oxygen atoms in total. The van der Waals surface area contributed by atoms with E-state index >= 15 is 0 Å². The van der Waals surface area contributed by atoms with E-state index in [9.17, 15) is 14.8 Å². The van der Waals surface area contributed by atoms with Crippen LogP contribution in [0.1, 0.15) is 17.1 Å². The van der Waals surface area contributed by atoms with E-state index in [0.717, 1.165) is 6.20 Å². The number of anilines is 2. The van der Waals surface area contributed by atoms with Crippen molar-refractivity contribution in [3.05, 3.63) is 64.6 Å². The lowest BCUT2D eigenvalue weighted by molar-refractivity contribution is 0.271. The van der Waals surface area contributed by atoms with Gasteiger partial charge in [-0.15, -0.1) is 0 Å². The standard InChI is InChI=1S/C19H13ClFN7O/c1-10-5-15(25-16(9-29)24-10)26-19-12-8-28(27-17(12)14(21)7-23-19)18-11(6-22)3-2-4-13(18)20/h2-5,7-8,29H,9H2,1H3,(H,23,24,25,26). The van der Waals surface area contributed by atoms with Crippen molar-refractivity contribution in [1.29, 1.82) is 5.26 Å². The van der Waals surface area contributed by atoms with Crippen molar-refractivity contribution in [2.45, 2.75) is 13.5 Å². The highest BCUT2D eigenvalue weighted by atomic mass is 35.5. The van der Waals surface area contributed by atoms with E-state index in [1.807, 2.05) is 0 Å². The van der Waals surface area contributed by atoms with E-state index in [-0.39, 0.29) is 17.9 Å². The summed E-state index contributed by atoms with van der Waals surface area (Å²) >= 11 is 6.25. The van der Waals surface area contributed by atoms with E-state index in [1.54, 1.807) is 31.2 Å². The molecule has 0 aliphatic heterocycles. The smallest absolute Gasteiger partial charge is 0.169 e. The minimum atomic E-state index is -0.621. The van der Waals surface area contributed by atoms with E-state index in [0.29, 0.717) is 39.0 Å². The van der Waals surface area contributed by atoms with Gasteiger partial charge in [-0.3, -0.25) is 0 Å². The lowest BCUT2D eigenvalue weighted by atomic mass is 10.2. The summed E-state index contributed by atoms with van der Waals surface area (Å²) in [6.07, 6.45) is 2.58. The van der Waals surface area contributed by atoms with Gasteiger partial charge in [-0.2, -0.15) is 10.4 Å². The molecular formula is C19H13ClFN7O. The fourth-order valence-corrected chi connectivity index (χ4v) is 3.18. The molecule has 4 rings (SSSR count). The van der Waals surface area contributed by atoms with E-state index in [4.69, 9.17) is 11.6 Å². The van der Waals surface area contributed by atoms with Crippen molar-refractivity contribution < 1.29 is 9.50 Å². The van der Waals surface area contributed by atoms with Gasteiger partial charge < -0.3 is 10.4 Å². The predicted octanol–water partition coefficient (Wildman–Crippen LogP) is 3.42. The van der Waals surface area contributed by atoms with Gasteiger partial charge in [-0.25, -0.2) is 24.0 Å². The van der Waals surface area contributed by atoms with Crippen molar-refractivity contribution in [2.24, 2.45) is 0 Å². The lowest BCUT2D eigenvalue weighted by Crippen LogP contribution is -2.03. The van der Waals surface area contributed by atoms with Gasteiger partial charge in [0.25, 0.3) is 0 Å². The van der Waals surface area contributed by atoms with Crippen LogP contribution in [-0.2, 0) is 6.61 Å². The number of aromatic nitrogens is 5. The molecule has 4 aromatic rings. The number of rotatable bonds is 4. The second-order valence-corrected chi connectivity index (χ2v) is 6.54. The Kier molecular flexibility index (Phi) is 4.80. The molecule has 0 radical (unpaired) electrons. The minimum absolute atomic E-state index is 0.0551. The molecule has 0 amide bonds. The van der Waals surface area contributed by atoms with E-state index in [1.165, 1.54) is 10.9 Å². The van der Waals surface area contributed by atoms with Crippen LogP contribution in [0.3, 0.4) is 0 Å². The Labute approximate surface area is 169 Å². The van der Waals surface area contributed by atoms with Gasteiger partial charge >= 0.3 is 0 Å². The van der Waals surface area contributed by atoms with Crippen molar-refractivity contribution in [2.75, 3.05) is 5.32 Å². The van der Waals surface area contributed by atoms with Crippen LogP contribution in [0.15, 0.2) is 36.7 Å². The van der Waals surface area contributed by atoms with Crippen LogP contribution in [-0.4, -0.2) is 29.8 Å². The topological polar surface area (TPSA) is 113 Å². The highest BCUT2D eigenvalue weighted by molar-refractivity contribution is 6.32. The number of nitrogens with zero attached hydrogens (tertiary/aromatic N) is 6. The van der Waals surface area contributed by atoms with Crippen molar-refractivity contribution in [3.8, 4) is 11.8 Å². The fourth-order valence-electron chi connectivity index (χ4n) is 2.91. The van der Waals surface area contributed by atoms with E-state index in [2.05, 4.69) is 31.4 Å². The molecular weight excluding hydrogens is 397 g/mol. The summed E-state index contributed by atoms with van der Waals surface area (Å²) in [5.41, 5.74) is 1.35. The quantitative estimate of drug-likeness (QED) is 0.531. The van der Waals surface area contributed by atoms with Crippen LogP contribution < -0.4 is 5.32 Å². The summed E-state index contributed by atoms with van der Waals surface area (Å²) in [7, 11) is 0. The van der Waals surface area contributed by atoms with Gasteiger partial charge in [0.15, 0.2) is 11.6 Å². The molecule has 2 N–H and O–H groups in total. The van der Waals surface area contributed by atoms with Gasteiger partial charge in [0.05, 0.1) is 22.2 Å². The summed E-state index contributed by atoms with van der Waals surface area (Å²) in [4.78, 5) is 12.4. The normalized spacial score (nSPS) is 10.9. The Morgan fingerprint density at radius 2 is 2.17 bits per heavy atom. The van der Waals surface area contributed by atoms with Crippen LogP contribution in [0, 0.1) is 24.1 Å². The number of pyridine rings is 1. The number of hydrogen-bond acceptors (Lipinski definition) is 7. The highest BCUT2D eigenvalue weighted by Gasteiger charge is 2.17. The molecule has 0 aliphatic carbocycles. The van der Waals surface area contributed by atoms with Crippen LogP contribution >= 0.6 is 11.6 Å². The number of nitrogens with one attached hydrogen (secondary N) is 1. The molecule has 3 heterocycles. The maximum atomic E-state index is 14.4. The zero-order chi connectivity index (χ0) is 20.5. The SMILES string of the molecule is Cc1cc(Nc2ncc(F)c3nn(-c4c(Cl)cccc4C#N)cc23)nc(CO)n1. The molecule has 10 heteroatoms. The van der Waals surface area contributed by atoms with Gasteiger partial charge in [0, 0.05) is 18.0 Å². The molecule has 0 unspecified atom stereocenters. The molecule has 1 aromatic carbocycles. The summed E-state index contributed by atoms with van der Waals surface area (Å²) in [5.74, 6) is 0.325. The average molecular weight is 410 g/mol. The number of aryl methyl sites for hydroxylation is 1. The molecule has 0 saturated carbocycles. The summed E-state index contributed by atoms with van der Waals surface area (Å²) < 4.78 is 15.7. The first-order valence-electron chi connectivity index (χ1n) is 8.45. The zero-order valence-corrected chi connectivity index (χ0v) is 15.8. The van der Waals surface area contributed by atoms with E-state index < -0.39 is 5.82 Å². The first kappa shape index (κ1) is 18.7. The van der Waals surface area contributed by atoms with Crippen molar-refractivity contribution in [1.82, 2.24) is 24.7 Å². The van der Waals surface area contributed by atoms with Gasteiger partial charge in [-0.05, 0) is 19.1 Å². The molecule has 0 bridgehead atoms. The third kappa shape index (κ3) is 3.47. The Balaban J connectivity index is 1.86. The van der Waals surface area contributed by atoms with Crippen LogP contribution in [0.5, 0.6) is 0 Å². The Morgan fingerprint density at radius 3 is 2.93 bits per heavy atom. The average Bonchev–Trinajstić information content (AvgIpc) is 3.15. The summed E-state index contributed by atoms with van der Waals surface area (Å²) in [6.45, 7) is 1.45. The van der Waals surface area contributed by atoms with Gasteiger partial charge in [0.1, 0.15) is 35.5 Å².